The molecule has 1 aliphatic rings. The first kappa shape index (κ1) is 7.22. The lowest BCUT2D eigenvalue weighted by atomic mass is 10.0. The van der Waals surface area contributed by atoms with Crippen LogP contribution in [0.25, 0.3) is 0 Å². The molecule has 3 heteroatoms. The SMILES string of the molecule is NS(=O)C1CCCCC1. The maximum absolute atomic E-state index is 10.7. The molecular formula is C6H13NOS. The maximum Gasteiger partial charge on any atom is 0.0919 e. The summed E-state index contributed by atoms with van der Waals surface area (Å²) in [7, 11) is -1.05. The van der Waals surface area contributed by atoms with Crippen LogP contribution in [0.4, 0.5) is 0 Å². The quantitative estimate of drug-likeness (QED) is 0.589. The molecule has 0 aromatic carbocycles. The monoisotopic (exact) mass is 147 g/mol. The third kappa shape index (κ3) is 2.06. The summed E-state index contributed by atoms with van der Waals surface area (Å²) in [6, 6.07) is 0. The molecule has 0 aromatic rings. The summed E-state index contributed by atoms with van der Waals surface area (Å²) in [4.78, 5) is 0. The van der Waals surface area contributed by atoms with Crippen LogP contribution in [0, 0.1) is 0 Å². The zero-order valence-corrected chi connectivity index (χ0v) is 6.32. The third-order valence-electron chi connectivity index (χ3n) is 1.88. The Morgan fingerprint density at radius 3 is 2.11 bits per heavy atom. The van der Waals surface area contributed by atoms with Gasteiger partial charge in [0.15, 0.2) is 0 Å². The van der Waals surface area contributed by atoms with Gasteiger partial charge in [-0.25, -0.2) is 4.21 Å². The first-order valence-corrected chi connectivity index (χ1v) is 4.73. The van der Waals surface area contributed by atoms with Crippen LogP contribution < -0.4 is 5.14 Å². The van der Waals surface area contributed by atoms with Gasteiger partial charge < -0.3 is 0 Å². The Morgan fingerprint density at radius 2 is 1.78 bits per heavy atom. The maximum atomic E-state index is 10.7. The van der Waals surface area contributed by atoms with Crippen molar-refractivity contribution < 1.29 is 4.21 Å². The van der Waals surface area contributed by atoms with Crippen LogP contribution in [0.1, 0.15) is 32.1 Å². The molecule has 1 atom stereocenters. The molecule has 1 saturated carbocycles. The van der Waals surface area contributed by atoms with E-state index >= 15 is 0 Å². The minimum atomic E-state index is -1.05. The summed E-state index contributed by atoms with van der Waals surface area (Å²) in [5.74, 6) is 0. The lowest BCUT2D eigenvalue weighted by molar-refractivity contribution is 0.505. The zero-order chi connectivity index (χ0) is 6.69. The minimum absolute atomic E-state index is 0.304. The second kappa shape index (κ2) is 3.32. The second-order valence-corrected chi connectivity index (χ2v) is 3.91. The lowest BCUT2D eigenvalue weighted by Gasteiger charge is -2.17. The van der Waals surface area contributed by atoms with Crippen LogP contribution in [0.3, 0.4) is 0 Å². The van der Waals surface area contributed by atoms with Crippen molar-refractivity contribution >= 4 is 11.0 Å². The van der Waals surface area contributed by atoms with Crippen molar-refractivity contribution in [3.8, 4) is 0 Å². The van der Waals surface area contributed by atoms with Crippen molar-refractivity contribution in [2.24, 2.45) is 5.14 Å². The van der Waals surface area contributed by atoms with Gasteiger partial charge in [-0.1, -0.05) is 19.3 Å². The van der Waals surface area contributed by atoms with Crippen LogP contribution in [0.2, 0.25) is 0 Å². The van der Waals surface area contributed by atoms with Gasteiger partial charge in [0.05, 0.1) is 11.0 Å². The van der Waals surface area contributed by atoms with Gasteiger partial charge in [0.2, 0.25) is 0 Å². The Bertz CT molecular complexity index is 110. The number of hydrogen-bond donors (Lipinski definition) is 1. The predicted molar refractivity (Wildman–Crippen MR) is 39.2 cm³/mol. The van der Waals surface area contributed by atoms with Crippen molar-refractivity contribution in [2.75, 3.05) is 0 Å². The molecule has 0 aromatic heterocycles. The molecule has 2 N–H and O–H groups in total. The lowest BCUT2D eigenvalue weighted by Crippen LogP contribution is -2.23. The molecule has 0 saturated heterocycles. The molecule has 2 nitrogen and oxygen atoms in total. The van der Waals surface area contributed by atoms with Crippen LogP contribution in [0.5, 0.6) is 0 Å². The molecular weight excluding hydrogens is 134 g/mol. The Labute approximate surface area is 58.4 Å². The molecule has 0 bridgehead atoms. The summed E-state index contributed by atoms with van der Waals surface area (Å²) in [6.45, 7) is 0. The van der Waals surface area contributed by atoms with Crippen molar-refractivity contribution in [3.63, 3.8) is 0 Å². The summed E-state index contributed by atoms with van der Waals surface area (Å²) in [5.41, 5.74) is 0. The van der Waals surface area contributed by atoms with E-state index in [-0.39, 0.29) is 0 Å². The van der Waals surface area contributed by atoms with Crippen molar-refractivity contribution in [1.29, 1.82) is 0 Å². The van der Waals surface area contributed by atoms with E-state index in [1.165, 1.54) is 19.3 Å². The first-order chi connectivity index (χ1) is 4.30. The van der Waals surface area contributed by atoms with Crippen LogP contribution in [0.15, 0.2) is 0 Å². The molecule has 0 spiro atoms. The Morgan fingerprint density at radius 1 is 1.22 bits per heavy atom. The normalized spacial score (nSPS) is 25.9. The third-order valence-corrected chi connectivity index (χ3v) is 3.01. The number of nitrogens with two attached hydrogens (primary N) is 1. The molecule has 1 unspecified atom stereocenters. The summed E-state index contributed by atoms with van der Waals surface area (Å²) < 4.78 is 10.7. The fourth-order valence-corrected chi connectivity index (χ4v) is 2.10. The second-order valence-electron chi connectivity index (χ2n) is 2.59. The Kier molecular flexibility index (Phi) is 2.66. The fourth-order valence-electron chi connectivity index (χ4n) is 1.30. The molecule has 1 aliphatic carbocycles. The van der Waals surface area contributed by atoms with E-state index < -0.39 is 11.0 Å². The highest BCUT2D eigenvalue weighted by Crippen LogP contribution is 2.19. The van der Waals surface area contributed by atoms with Gasteiger partial charge >= 0.3 is 0 Å². The summed E-state index contributed by atoms with van der Waals surface area (Å²) >= 11 is 0. The van der Waals surface area contributed by atoms with Crippen LogP contribution in [-0.2, 0) is 11.0 Å². The molecule has 0 amide bonds. The van der Waals surface area contributed by atoms with Gasteiger partial charge in [0.1, 0.15) is 0 Å². The van der Waals surface area contributed by atoms with Gasteiger partial charge in [-0.2, -0.15) is 0 Å². The van der Waals surface area contributed by atoms with E-state index in [1.807, 2.05) is 0 Å². The Hall–Kier alpha value is 0.110. The highest BCUT2D eigenvalue weighted by atomic mass is 32.2. The average Bonchev–Trinajstić information content (AvgIpc) is 1.90. The van der Waals surface area contributed by atoms with Crippen molar-refractivity contribution in [2.45, 2.75) is 37.4 Å². The van der Waals surface area contributed by atoms with Crippen molar-refractivity contribution in [1.82, 2.24) is 0 Å². The van der Waals surface area contributed by atoms with Crippen LogP contribution >= 0.6 is 0 Å². The van der Waals surface area contributed by atoms with Gasteiger partial charge in [0.25, 0.3) is 0 Å². The molecule has 1 rings (SSSR count). The predicted octanol–water partition coefficient (Wildman–Crippen LogP) is 0.942. The highest BCUT2D eigenvalue weighted by Gasteiger charge is 2.16. The van der Waals surface area contributed by atoms with E-state index in [4.69, 9.17) is 5.14 Å². The molecule has 0 heterocycles. The van der Waals surface area contributed by atoms with Crippen molar-refractivity contribution in [3.05, 3.63) is 0 Å². The van der Waals surface area contributed by atoms with Gasteiger partial charge in [0, 0.05) is 5.25 Å². The van der Waals surface area contributed by atoms with Gasteiger partial charge in [-0.05, 0) is 12.8 Å². The molecule has 0 aliphatic heterocycles. The molecule has 54 valence electrons. The Balaban J connectivity index is 2.31. The molecule has 9 heavy (non-hydrogen) atoms. The largest absolute Gasteiger partial charge is 0.252 e. The van der Waals surface area contributed by atoms with E-state index in [0.29, 0.717) is 5.25 Å². The summed E-state index contributed by atoms with van der Waals surface area (Å²) in [6.07, 6.45) is 5.88. The van der Waals surface area contributed by atoms with Crippen LogP contribution in [-0.4, -0.2) is 9.46 Å². The average molecular weight is 147 g/mol. The van der Waals surface area contributed by atoms with E-state index in [1.54, 1.807) is 0 Å². The first-order valence-electron chi connectivity index (χ1n) is 3.45. The smallest absolute Gasteiger partial charge is 0.0919 e. The topological polar surface area (TPSA) is 43.1 Å². The fraction of sp³-hybridized carbons (Fsp3) is 1.00. The zero-order valence-electron chi connectivity index (χ0n) is 5.51. The number of rotatable bonds is 1. The number of hydrogen-bond acceptors (Lipinski definition) is 1. The minimum Gasteiger partial charge on any atom is -0.252 e. The van der Waals surface area contributed by atoms with E-state index in [2.05, 4.69) is 0 Å². The standard InChI is InChI=1S/C6H13NOS/c7-9(8)6-4-2-1-3-5-6/h6H,1-5,7H2. The van der Waals surface area contributed by atoms with Gasteiger partial charge in [-0.3, -0.25) is 5.14 Å². The molecule has 1 fully saturated rings. The molecule has 0 radical (unpaired) electrons. The van der Waals surface area contributed by atoms with Gasteiger partial charge in [-0.15, -0.1) is 0 Å². The highest BCUT2D eigenvalue weighted by molar-refractivity contribution is 7.83. The van der Waals surface area contributed by atoms with E-state index in [9.17, 15) is 4.21 Å². The summed E-state index contributed by atoms with van der Waals surface area (Å²) in [5, 5.41) is 5.54. The van der Waals surface area contributed by atoms with E-state index in [0.717, 1.165) is 12.8 Å².